The van der Waals surface area contributed by atoms with Crippen LogP contribution in [-0.2, 0) is 9.53 Å². The number of ether oxygens (including phenoxy) is 1. The number of para-hydroxylation sites is 1. The molecule has 0 aliphatic carbocycles. The van der Waals surface area contributed by atoms with E-state index >= 15 is 0 Å². The maximum absolute atomic E-state index is 10.0. The lowest BCUT2D eigenvalue weighted by Crippen LogP contribution is -2.20. The van der Waals surface area contributed by atoms with Crippen molar-refractivity contribution in [1.29, 1.82) is 5.41 Å². The zero-order valence-corrected chi connectivity index (χ0v) is 10.8. The molecular weight excluding hydrogens is 252 g/mol. The van der Waals surface area contributed by atoms with Gasteiger partial charge in [0.05, 0.1) is 11.5 Å². The standard InChI is InChI=1S/C6H5NO2.C4H8O2.CH5N3/c8-7(9)6-4-2-1-3-5-6;1-3-6-4(2)5;2-1(3)4/h1-5H;3H2,1-2H3;(H5,2,3,4). The molecule has 0 aliphatic rings. The van der Waals surface area contributed by atoms with E-state index in [1.165, 1.54) is 19.1 Å². The van der Waals surface area contributed by atoms with E-state index < -0.39 is 4.92 Å². The third kappa shape index (κ3) is 17.9. The highest BCUT2D eigenvalue weighted by Gasteiger charge is 1.98. The topological polar surface area (TPSA) is 145 Å². The summed E-state index contributed by atoms with van der Waals surface area (Å²) in [5.41, 5.74) is 9.08. The molecule has 0 aliphatic heterocycles. The van der Waals surface area contributed by atoms with Crippen molar-refractivity contribution in [2.75, 3.05) is 6.61 Å². The fraction of sp³-hybridized carbons (Fsp3) is 0.273. The second-order valence-corrected chi connectivity index (χ2v) is 2.97. The lowest BCUT2D eigenvalue weighted by atomic mass is 10.3. The second kappa shape index (κ2) is 11.8. The average Bonchev–Trinajstić information content (AvgIpc) is 2.30. The summed E-state index contributed by atoms with van der Waals surface area (Å²) in [6, 6.07) is 7.93. The summed E-state index contributed by atoms with van der Waals surface area (Å²) >= 11 is 0. The van der Waals surface area contributed by atoms with Gasteiger partial charge < -0.3 is 16.2 Å². The van der Waals surface area contributed by atoms with Crippen LogP contribution in [-0.4, -0.2) is 23.5 Å². The van der Waals surface area contributed by atoms with Gasteiger partial charge in [0.15, 0.2) is 5.96 Å². The summed E-state index contributed by atoms with van der Waals surface area (Å²) in [5.74, 6) is -0.544. The number of nitrogens with zero attached hydrogens (tertiary/aromatic N) is 1. The molecular formula is C11H18N4O4. The lowest BCUT2D eigenvalue weighted by Gasteiger charge is -1.89. The quantitative estimate of drug-likeness (QED) is 0.240. The molecule has 106 valence electrons. The summed E-state index contributed by atoms with van der Waals surface area (Å²) in [5, 5.41) is 16.1. The molecule has 0 spiro atoms. The number of nitro groups is 1. The number of benzene rings is 1. The summed E-state index contributed by atoms with van der Waals surface area (Å²) in [6.07, 6.45) is 0. The van der Waals surface area contributed by atoms with Crippen LogP contribution in [0.5, 0.6) is 0 Å². The number of nitro benzene ring substituents is 1. The number of rotatable bonds is 2. The van der Waals surface area contributed by atoms with Gasteiger partial charge in [-0.05, 0) is 6.92 Å². The number of non-ortho nitro benzene ring substituents is 1. The van der Waals surface area contributed by atoms with Gasteiger partial charge in [-0.15, -0.1) is 0 Å². The van der Waals surface area contributed by atoms with Gasteiger partial charge in [0.1, 0.15) is 0 Å². The summed E-state index contributed by atoms with van der Waals surface area (Å²) in [4.78, 5) is 19.4. The molecule has 0 unspecified atom stereocenters. The molecule has 1 aromatic carbocycles. The molecule has 0 amide bonds. The number of esters is 1. The van der Waals surface area contributed by atoms with Gasteiger partial charge in [0.25, 0.3) is 5.69 Å². The molecule has 0 saturated carbocycles. The van der Waals surface area contributed by atoms with Gasteiger partial charge in [0, 0.05) is 19.1 Å². The Morgan fingerprint density at radius 2 is 1.79 bits per heavy atom. The number of hydrogen-bond acceptors (Lipinski definition) is 5. The van der Waals surface area contributed by atoms with E-state index in [1.54, 1.807) is 25.1 Å². The van der Waals surface area contributed by atoms with Crippen LogP contribution in [0.1, 0.15) is 13.8 Å². The Morgan fingerprint density at radius 3 is 1.95 bits per heavy atom. The zero-order valence-electron chi connectivity index (χ0n) is 10.8. The normalized spacial score (nSPS) is 7.89. The van der Waals surface area contributed by atoms with Crippen LogP contribution in [0.15, 0.2) is 30.3 Å². The third-order valence-electron chi connectivity index (χ3n) is 1.31. The highest BCUT2D eigenvalue weighted by atomic mass is 16.6. The first kappa shape index (κ1) is 18.7. The zero-order chi connectivity index (χ0) is 15.3. The summed E-state index contributed by atoms with van der Waals surface area (Å²) in [6.45, 7) is 3.65. The maximum Gasteiger partial charge on any atom is 0.302 e. The molecule has 8 nitrogen and oxygen atoms in total. The number of carbonyl (C=O) groups is 1. The van der Waals surface area contributed by atoms with E-state index in [0.29, 0.717) is 6.61 Å². The van der Waals surface area contributed by atoms with Crippen molar-refractivity contribution in [3.05, 3.63) is 40.4 Å². The number of nitrogens with one attached hydrogen (secondary N) is 1. The number of carbonyl (C=O) groups excluding carboxylic acids is 1. The Balaban J connectivity index is 0. The van der Waals surface area contributed by atoms with Crippen molar-refractivity contribution in [3.63, 3.8) is 0 Å². The fourth-order valence-electron chi connectivity index (χ4n) is 0.753. The average molecular weight is 270 g/mol. The van der Waals surface area contributed by atoms with E-state index in [9.17, 15) is 14.9 Å². The van der Waals surface area contributed by atoms with E-state index in [2.05, 4.69) is 16.2 Å². The van der Waals surface area contributed by atoms with Gasteiger partial charge in [-0.1, -0.05) is 18.2 Å². The first-order valence-electron chi connectivity index (χ1n) is 5.23. The molecule has 1 rings (SSSR count). The molecule has 5 N–H and O–H groups in total. The monoisotopic (exact) mass is 270 g/mol. The molecule has 0 fully saturated rings. The van der Waals surface area contributed by atoms with Gasteiger partial charge in [0.2, 0.25) is 0 Å². The Bertz CT molecular complexity index is 391. The predicted octanol–water partition coefficient (Wildman–Crippen LogP) is 1.00. The molecule has 8 heteroatoms. The van der Waals surface area contributed by atoms with E-state index in [4.69, 9.17) is 5.41 Å². The molecule has 0 bridgehead atoms. The molecule has 0 aromatic heterocycles. The van der Waals surface area contributed by atoms with E-state index in [-0.39, 0.29) is 17.6 Å². The van der Waals surface area contributed by atoms with Crippen LogP contribution < -0.4 is 11.5 Å². The minimum Gasteiger partial charge on any atom is -0.466 e. The summed E-state index contributed by atoms with van der Waals surface area (Å²) in [7, 11) is 0. The van der Waals surface area contributed by atoms with Crippen molar-refractivity contribution in [2.45, 2.75) is 13.8 Å². The van der Waals surface area contributed by atoms with Crippen LogP contribution in [0.3, 0.4) is 0 Å². The lowest BCUT2D eigenvalue weighted by molar-refractivity contribution is -0.384. The Kier molecular flexibility index (Phi) is 11.7. The van der Waals surface area contributed by atoms with Gasteiger partial charge in [-0.25, -0.2) is 0 Å². The number of hydrogen-bond donors (Lipinski definition) is 3. The van der Waals surface area contributed by atoms with E-state index in [1.807, 2.05) is 0 Å². The third-order valence-corrected chi connectivity index (χ3v) is 1.31. The first-order chi connectivity index (χ1) is 8.81. The van der Waals surface area contributed by atoms with E-state index in [0.717, 1.165) is 0 Å². The van der Waals surface area contributed by atoms with Crippen molar-refractivity contribution >= 4 is 17.6 Å². The molecule has 19 heavy (non-hydrogen) atoms. The van der Waals surface area contributed by atoms with Crippen molar-refractivity contribution < 1.29 is 14.5 Å². The largest absolute Gasteiger partial charge is 0.466 e. The first-order valence-corrected chi connectivity index (χ1v) is 5.23. The Hall–Kier alpha value is -2.64. The smallest absolute Gasteiger partial charge is 0.302 e. The van der Waals surface area contributed by atoms with Crippen LogP contribution in [0.25, 0.3) is 0 Å². The number of guanidine groups is 1. The Morgan fingerprint density at radius 1 is 1.37 bits per heavy atom. The predicted molar refractivity (Wildman–Crippen MR) is 71.5 cm³/mol. The van der Waals surface area contributed by atoms with Gasteiger partial charge in [-0.2, -0.15) is 0 Å². The second-order valence-electron chi connectivity index (χ2n) is 2.97. The molecule has 0 radical (unpaired) electrons. The minimum absolute atomic E-state index is 0.137. The van der Waals surface area contributed by atoms with Crippen molar-refractivity contribution in [2.24, 2.45) is 11.5 Å². The highest BCUT2D eigenvalue weighted by molar-refractivity contribution is 5.71. The molecule has 0 atom stereocenters. The van der Waals surface area contributed by atoms with Crippen LogP contribution >= 0.6 is 0 Å². The van der Waals surface area contributed by atoms with Gasteiger partial charge >= 0.3 is 5.97 Å². The van der Waals surface area contributed by atoms with Crippen LogP contribution in [0.4, 0.5) is 5.69 Å². The SMILES string of the molecule is CCOC(C)=O.N=C(N)N.O=[N+]([O-])c1ccccc1. The molecule has 0 heterocycles. The minimum atomic E-state index is -0.417. The van der Waals surface area contributed by atoms with Crippen molar-refractivity contribution in [3.8, 4) is 0 Å². The van der Waals surface area contributed by atoms with Crippen LogP contribution in [0, 0.1) is 15.5 Å². The van der Waals surface area contributed by atoms with Gasteiger partial charge in [-0.3, -0.25) is 20.3 Å². The Labute approximate surface area is 111 Å². The van der Waals surface area contributed by atoms with Crippen LogP contribution in [0.2, 0.25) is 0 Å². The fourth-order valence-corrected chi connectivity index (χ4v) is 0.753. The highest BCUT2D eigenvalue weighted by Crippen LogP contribution is 2.06. The maximum atomic E-state index is 10.0. The summed E-state index contributed by atoms with van der Waals surface area (Å²) < 4.78 is 4.40. The molecule has 1 aromatic rings. The molecule has 0 saturated heterocycles. The van der Waals surface area contributed by atoms with Crippen molar-refractivity contribution in [1.82, 2.24) is 0 Å². The number of nitrogens with two attached hydrogens (primary N) is 2.